The Morgan fingerprint density at radius 2 is 1.37 bits per heavy atom. The quantitative estimate of drug-likeness (QED) is 0.179. The topological polar surface area (TPSA) is 86.8 Å². The highest BCUT2D eigenvalue weighted by Gasteiger charge is 2.35. The Balaban J connectivity index is 1.85. The molecular formula is C36H39Cl2N3O4S. The number of sulfonamides is 1. The van der Waals surface area contributed by atoms with Crippen LogP contribution in [0.4, 0.5) is 5.69 Å². The lowest BCUT2D eigenvalue weighted by Gasteiger charge is -2.35. The zero-order valence-electron chi connectivity index (χ0n) is 26.6. The zero-order valence-corrected chi connectivity index (χ0v) is 29.0. The third-order valence-electron chi connectivity index (χ3n) is 7.21. The van der Waals surface area contributed by atoms with Crippen LogP contribution in [0.5, 0.6) is 0 Å². The fraction of sp³-hybridized carbons (Fsp3) is 0.278. The molecule has 0 aromatic heterocycles. The smallest absolute Gasteiger partial charge is 0.264 e. The van der Waals surface area contributed by atoms with Crippen molar-refractivity contribution in [2.75, 3.05) is 10.8 Å². The molecule has 0 unspecified atom stereocenters. The van der Waals surface area contributed by atoms with E-state index < -0.39 is 34.1 Å². The molecule has 4 aromatic carbocycles. The second kappa shape index (κ2) is 14.7. The number of amides is 2. The monoisotopic (exact) mass is 679 g/mol. The van der Waals surface area contributed by atoms with Crippen LogP contribution in [-0.2, 0) is 32.6 Å². The SMILES string of the molecule is Cc1cc(C)cc(N(CC(=O)N(Cc2ccc(Cl)c(Cl)c2)[C@@H](Cc2ccccc2)C(=O)NC(C)(C)C)S(=O)(=O)c2ccccc2)c1. The lowest BCUT2D eigenvalue weighted by Crippen LogP contribution is -2.56. The molecule has 0 saturated heterocycles. The molecule has 0 spiro atoms. The zero-order chi connectivity index (χ0) is 33.6. The van der Waals surface area contributed by atoms with Crippen LogP contribution < -0.4 is 9.62 Å². The highest BCUT2D eigenvalue weighted by molar-refractivity contribution is 7.92. The summed E-state index contributed by atoms with van der Waals surface area (Å²) in [5.41, 5.74) is 2.92. The maximum Gasteiger partial charge on any atom is 0.264 e. The van der Waals surface area contributed by atoms with Crippen molar-refractivity contribution >= 4 is 50.7 Å². The molecule has 0 aliphatic carbocycles. The van der Waals surface area contributed by atoms with Crippen LogP contribution in [0.1, 0.15) is 43.0 Å². The van der Waals surface area contributed by atoms with Crippen LogP contribution in [0.15, 0.2) is 102 Å². The van der Waals surface area contributed by atoms with Crippen LogP contribution >= 0.6 is 23.2 Å². The van der Waals surface area contributed by atoms with Gasteiger partial charge in [-0.25, -0.2) is 8.42 Å². The van der Waals surface area contributed by atoms with E-state index in [9.17, 15) is 18.0 Å². The van der Waals surface area contributed by atoms with Gasteiger partial charge >= 0.3 is 0 Å². The minimum Gasteiger partial charge on any atom is -0.350 e. The number of nitrogens with zero attached hydrogens (tertiary/aromatic N) is 2. The van der Waals surface area contributed by atoms with Crippen molar-refractivity contribution in [2.24, 2.45) is 0 Å². The first kappa shape index (κ1) is 35.0. The van der Waals surface area contributed by atoms with E-state index >= 15 is 0 Å². The summed E-state index contributed by atoms with van der Waals surface area (Å²) in [7, 11) is -4.19. The molecule has 1 atom stereocenters. The van der Waals surface area contributed by atoms with Crippen molar-refractivity contribution in [2.45, 2.75) is 64.1 Å². The summed E-state index contributed by atoms with van der Waals surface area (Å²) >= 11 is 12.5. The minimum atomic E-state index is -4.19. The van der Waals surface area contributed by atoms with E-state index in [2.05, 4.69) is 5.32 Å². The second-order valence-electron chi connectivity index (χ2n) is 12.4. The van der Waals surface area contributed by atoms with Gasteiger partial charge in [-0.05, 0) is 93.3 Å². The summed E-state index contributed by atoms with van der Waals surface area (Å²) in [6.45, 7) is 8.77. The summed E-state index contributed by atoms with van der Waals surface area (Å²) in [6, 6.07) is 26.8. The van der Waals surface area contributed by atoms with Gasteiger partial charge in [-0.15, -0.1) is 0 Å². The van der Waals surface area contributed by atoms with Crippen LogP contribution in [0, 0.1) is 13.8 Å². The second-order valence-corrected chi connectivity index (χ2v) is 15.1. The van der Waals surface area contributed by atoms with Gasteiger partial charge in [0, 0.05) is 18.5 Å². The van der Waals surface area contributed by atoms with Crippen LogP contribution in [0.25, 0.3) is 0 Å². The minimum absolute atomic E-state index is 0.0170. The van der Waals surface area contributed by atoms with Crippen molar-refractivity contribution in [1.29, 1.82) is 0 Å². The van der Waals surface area contributed by atoms with Crippen molar-refractivity contribution in [1.82, 2.24) is 10.2 Å². The first-order chi connectivity index (χ1) is 21.6. The molecule has 0 heterocycles. The molecule has 0 fully saturated rings. The van der Waals surface area contributed by atoms with Crippen molar-refractivity contribution in [3.8, 4) is 0 Å². The average molecular weight is 681 g/mol. The largest absolute Gasteiger partial charge is 0.350 e. The van der Waals surface area contributed by atoms with E-state index in [0.29, 0.717) is 21.3 Å². The van der Waals surface area contributed by atoms with Crippen molar-refractivity contribution in [3.63, 3.8) is 0 Å². The standard InChI is InChI=1S/C36H39Cl2N3O4S/c1-25-18-26(2)20-29(19-25)41(46(44,45)30-14-10-7-11-15-30)24-34(42)40(23-28-16-17-31(37)32(38)21-28)33(35(43)39-36(3,4)5)22-27-12-8-6-9-13-27/h6-21,33H,22-24H2,1-5H3,(H,39,43)/t33-/m0/s1. The van der Waals surface area contributed by atoms with E-state index in [1.54, 1.807) is 48.5 Å². The molecule has 4 rings (SSSR count). The molecular weight excluding hydrogens is 641 g/mol. The number of nitrogens with one attached hydrogen (secondary N) is 1. The highest BCUT2D eigenvalue weighted by atomic mass is 35.5. The summed E-state index contributed by atoms with van der Waals surface area (Å²) in [5, 5.41) is 3.68. The van der Waals surface area contributed by atoms with Gasteiger partial charge in [0.1, 0.15) is 12.6 Å². The molecule has 0 saturated carbocycles. The number of hydrogen-bond donors (Lipinski definition) is 1. The lowest BCUT2D eigenvalue weighted by molar-refractivity contribution is -0.140. The third kappa shape index (κ3) is 9.12. The summed E-state index contributed by atoms with van der Waals surface area (Å²) in [4.78, 5) is 30.1. The third-order valence-corrected chi connectivity index (χ3v) is 9.74. The number of halogens is 2. The molecule has 0 radical (unpaired) electrons. The molecule has 4 aromatic rings. The van der Waals surface area contributed by atoms with Crippen molar-refractivity contribution in [3.05, 3.63) is 129 Å². The Bertz CT molecular complexity index is 1770. The Morgan fingerprint density at radius 3 is 1.93 bits per heavy atom. The number of benzene rings is 4. The molecule has 242 valence electrons. The van der Waals surface area contributed by atoms with Gasteiger partial charge in [-0.2, -0.15) is 0 Å². The molecule has 46 heavy (non-hydrogen) atoms. The average Bonchev–Trinajstić information content (AvgIpc) is 2.98. The van der Waals surface area contributed by atoms with Gasteiger partial charge in [0.05, 0.1) is 20.6 Å². The number of carbonyl (C=O) groups is 2. The van der Waals surface area contributed by atoms with E-state index in [4.69, 9.17) is 23.2 Å². The summed E-state index contributed by atoms with van der Waals surface area (Å²) < 4.78 is 29.5. The van der Waals surface area contributed by atoms with E-state index in [-0.39, 0.29) is 23.8 Å². The van der Waals surface area contributed by atoms with Gasteiger partial charge in [0.25, 0.3) is 10.0 Å². The van der Waals surface area contributed by atoms with Gasteiger partial charge in [0.15, 0.2) is 0 Å². The number of carbonyl (C=O) groups excluding carboxylic acids is 2. The Hall–Kier alpha value is -3.85. The summed E-state index contributed by atoms with van der Waals surface area (Å²) in [6.07, 6.45) is 0.199. The number of aryl methyl sites for hydroxylation is 2. The fourth-order valence-corrected chi connectivity index (χ4v) is 6.92. The first-order valence-electron chi connectivity index (χ1n) is 14.9. The van der Waals surface area contributed by atoms with Gasteiger partial charge in [-0.3, -0.25) is 13.9 Å². The van der Waals surface area contributed by atoms with E-state index in [1.807, 2.05) is 71.0 Å². The number of hydrogen-bond acceptors (Lipinski definition) is 4. The van der Waals surface area contributed by atoms with Crippen molar-refractivity contribution < 1.29 is 18.0 Å². The van der Waals surface area contributed by atoms with Gasteiger partial charge < -0.3 is 10.2 Å². The van der Waals surface area contributed by atoms with Gasteiger partial charge in [-0.1, -0.05) is 83.9 Å². The Kier molecular flexibility index (Phi) is 11.2. The Labute approximate surface area is 282 Å². The van der Waals surface area contributed by atoms with Crippen LogP contribution in [0.2, 0.25) is 10.0 Å². The predicted octanol–water partition coefficient (Wildman–Crippen LogP) is 7.36. The molecule has 0 aliphatic rings. The number of rotatable bonds is 11. The molecule has 0 aliphatic heterocycles. The molecule has 0 bridgehead atoms. The molecule has 7 nitrogen and oxygen atoms in total. The predicted molar refractivity (Wildman–Crippen MR) is 186 cm³/mol. The highest BCUT2D eigenvalue weighted by Crippen LogP contribution is 2.28. The molecule has 10 heteroatoms. The van der Waals surface area contributed by atoms with Crippen LogP contribution in [0.3, 0.4) is 0 Å². The first-order valence-corrected chi connectivity index (χ1v) is 17.1. The normalized spacial score (nSPS) is 12.3. The lowest BCUT2D eigenvalue weighted by atomic mass is 10.0. The number of anilines is 1. The Morgan fingerprint density at radius 1 is 0.783 bits per heavy atom. The van der Waals surface area contributed by atoms with Gasteiger partial charge in [0.2, 0.25) is 11.8 Å². The fourth-order valence-electron chi connectivity index (χ4n) is 5.18. The summed E-state index contributed by atoms with van der Waals surface area (Å²) in [5.74, 6) is -0.927. The van der Waals surface area contributed by atoms with Crippen LogP contribution in [-0.4, -0.2) is 43.3 Å². The molecule has 2 amide bonds. The maximum absolute atomic E-state index is 14.6. The van der Waals surface area contributed by atoms with E-state index in [0.717, 1.165) is 21.0 Å². The molecule has 1 N–H and O–H groups in total. The maximum atomic E-state index is 14.6. The van der Waals surface area contributed by atoms with E-state index in [1.165, 1.54) is 17.0 Å².